The summed E-state index contributed by atoms with van der Waals surface area (Å²) < 4.78 is 5.78. The zero-order valence-electron chi connectivity index (χ0n) is 16.9. The zero-order chi connectivity index (χ0) is 17.1. The molecule has 21 heavy (non-hydrogen) atoms. The first-order valence-corrected chi connectivity index (χ1v) is 11.0. The molecule has 0 rings (SSSR count). The Hall–Kier alpha value is 0.137. The van der Waals surface area contributed by atoms with Crippen molar-refractivity contribution in [2.45, 2.75) is 118 Å². The van der Waals surface area contributed by atoms with Gasteiger partial charge < -0.3 is 9.13 Å². The Bertz CT molecular complexity index is 250. The third kappa shape index (κ3) is 4.11. The van der Waals surface area contributed by atoms with Crippen LogP contribution in [0.25, 0.3) is 0 Å². The quantitative estimate of drug-likeness (QED) is 0.547. The Morgan fingerprint density at radius 2 is 0.619 bits per heavy atom. The van der Waals surface area contributed by atoms with Gasteiger partial charge in [0.05, 0.1) is 0 Å². The minimum Gasteiger partial charge on any atom is -0.307 e. The maximum Gasteiger partial charge on any atom is 0.212 e. The topological polar surface area (TPSA) is 6.48 Å². The van der Waals surface area contributed by atoms with Gasteiger partial charge in [0.15, 0.2) is 0 Å². The number of hydrogen-bond donors (Lipinski definition) is 0. The molecular weight excluding hydrogens is 272 g/mol. The monoisotopic (exact) mass is 314 g/mol. The van der Waals surface area contributed by atoms with Crippen LogP contribution >= 0.6 is 0 Å². The maximum absolute atomic E-state index is 2.89. The van der Waals surface area contributed by atoms with E-state index in [1.165, 1.54) is 0 Å². The lowest BCUT2D eigenvalue weighted by Gasteiger charge is -2.60. The lowest BCUT2D eigenvalue weighted by Crippen LogP contribution is -2.75. The SMILES string of the molecule is CC(C)N(C(C)C)[Si](C(C)C)(C(C)C)N(C(C)C)C(C)C. The molecule has 0 N–H and O–H groups in total. The van der Waals surface area contributed by atoms with Crippen molar-refractivity contribution in [2.24, 2.45) is 0 Å². The average molecular weight is 315 g/mol. The van der Waals surface area contributed by atoms with Gasteiger partial charge in [0.1, 0.15) is 0 Å². The van der Waals surface area contributed by atoms with Crippen molar-refractivity contribution in [1.29, 1.82) is 0 Å². The van der Waals surface area contributed by atoms with Crippen LogP contribution < -0.4 is 0 Å². The van der Waals surface area contributed by atoms with Crippen LogP contribution in [0.15, 0.2) is 0 Å². The second-order valence-electron chi connectivity index (χ2n) is 8.28. The van der Waals surface area contributed by atoms with Crippen LogP contribution in [-0.4, -0.2) is 41.7 Å². The Kier molecular flexibility index (Phi) is 8.17. The van der Waals surface area contributed by atoms with Gasteiger partial charge in [-0.1, -0.05) is 83.1 Å². The molecule has 0 spiro atoms. The molecule has 0 radical (unpaired) electrons. The van der Waals surface area contributed by atoms with Crippen molar-refractivity contribution < 1.29 is 0 Å². The molecule has 0 amide bonds. The van der Waals surface area contributed by atoms with Crippen LogP contribution in [0.4, 0.5) is 0 Å². The van der Waals surface area contributed by atoms with Gasteiger partial charge in [-0.25, -0.2) is 0 Å². The Morgan fingerprint density at radius 3 is 0.714 bits per heavy atom. The summed E-state index contributed by atoms with van der Waals surface area (Å²) in [5, 5.41) is 0. The summed E-state index contributed by atoms with van der Waals surface area (Å²) in [5.74, 6) is 0. The largest absolute Gasteiger partial charge is 0.307 e. The van der Waals surface area contributed by atoms with E-state index in [1.807, 2.05) is 0 Å². The fraction of sp³-hybridized carbons (Fsp3) is 1.00. The molecule has 0 atom stereocenters. The molecule has 0 saturated carbocycles. The highest BCUT2D eigenvalue weighted by molar-refractivity contribution is 6.77. The van der Waals surface area contributed by atoms with Crippen molar-refractivity contribution in [3.8, 4) is 0 Å². The van der Waals surface area contributed by atoms with E-state index >= 15 is 0 Å². The minimum absolute atomic E-state index is 0.599. The molecule has 0 bridgehead atoms. The summed E-state index contributed by atoms with van der Waals surface area (Å²) in [7, 11) is -1.79. The van der Waals surface area contributed by atoms with E-state index in [1.54, 1.807) is 0 Å². The third-order valence-corrected chi connectivity index (χ3v) is 11.9. The third-order valence-electron chi connectivity index (χ3n) is 4.75. The smallest absolute Gasteiger partial charge is 0.212 e. The van der Waals surface area contributed by atoms with Crippen LogP contribution in [0, 0.1) is 0 Å². The van der Waals surface area contributed by atoms with Crippen molar-refractivity contribution >= 4 is 8.40 Å². The molecule has 0 heterocycles. The highest BCUT2D eigenvalue weighted by Crippen LogP contribution is 2.42. The molecule has 0 aliphatic carbocycles. The Labute approximate surface area is 136 Å². The molecule has 0 aromatic carbocycles. The first kappa shape index (κ1) is 21.1. The average Bonchev–Trinajstić information content (AvgIpc) is 2.24. The van der Waals surface area contributed by atoms with Gasteiger partial charge in [0.25, 0.3) is 0 Å². The van der Waals surface area contributed by atoms with Gasteiger partial charge in [0, 0.05) is 0 Å². The van der Waals surface area contributed by atoms with Gasteiger partial charge in [-0.05, 0) is 35.2 Å². The predicted octanol–water partition coefficient (Wildman–Crippen LogP) is 5.49. The molecule has 3 heteroatoms. The van der Waals surface area contributed by atoms with E-state index in [9.17, 15) is 0 Å². The lowest BCUT2D eigenvalue weighted by atomic mass is 10.3. The molecule has 0 aromatic heterocycles. The molecular formula is C18H42N2Si. The van der Waals surface area contributed by atoms with E-state index in [0.717, 1.165) is 0 Å². The van der Waals surface area contributed by atoms with Crippen LogP contribution in [0.3, 0.4) is 0 Å². The summed E-state index contributed by atoms with van der Waals surface area (Å²) >= 11 is 0. The van der Waals surface area contributed by atoms with Gasteiger partial charge in [-0.2, -0.15) is 0 Å². The van der Waals surface area contributed by atoms with Gasteiger partial charge >= 0.3 is 0 Å². The first-order valence-electron chi connectivity index (χ1n) is 8.99. The van der Waals surface area contributed by atoms with Crippen molar-refractivity contribution in [1.82, 2.24) is 9.13 Å². The van der Waals surface area contributed by atoms with E-state index in [4.69, 9.17) is 0 Å². The molecule has 128 valence electrons. The molecule has 0 unspecified atom stereocenters. The van der Waals surface area contributed by atoms with E-state index in [-0.39, 0.29) is 0 Å². The molecule has 0 fully saturated rings. The summed E-state index contributed by atoms with van der Waals surface area (Å²) in [6.07, 6.45) is 0. The lowest BCUT2D eigenvalue weighted by molar-refractivity contribution is 0.190. The molecule has 0 aromatic rings. The molecule has 0 aliphatic rings. The maximum atomic E-state index is 2.89. The van der Waals surface area contributed by atoms with Crippen LogP contribution in [0.2, 0.25) is 11.1 Å². The first-order chi connectivity index (χ1) is 9.42. The molecule has 0 aliphatic heterocycles. The summed E-state index contributed by atoms with van der Waals surface area (Å²) in [4.78, 5) is 0. The summed E-state index contributed by atoms with van der Waals surface area (Å²) in [6, 6.07) is 2.39. The van der Waals surface area contributed by atoms with E-state index in [0.29, 0.717) is 35.2 Å². The van der Waals surface area contributed by atoms with Gasteiger partial charge in [-0.15, -0.1) is 0 Å². The normalized spacial score (nSPS) is 14.3. The second kappa shape index (κ2) is 8.12. The number of nitrogens with zero attached hydrogens (tertiary/aromatic N) is 2. The molecule has 0 saturated heterocycles. The van der Waals surface area contributed by atoms with E-state index < -0.39 is 8.40 Å². The number of rotatable bonds is 8. The fourth-order valence-electron chi connectivity index (χ4n) is 4.84. The van der Waals surface area contributed by atoms with Crippen molar-refractivity contribution in [2.75, 3.05) is 0 Å². The molecule has 2 nitrogen and oxygen atoms in total. The number of hydrogen-bond acceptors (Lipinski definition) is 2. The van der Waals surface area contributed by atoms with Crippen LogP contribution in [-0.2, 0) is 0 Å². The summed E-state index contributed by atoms with van der Waals surface area (Å²) in [5.41, 5.74) is 1.43. The second-order valence-corrected chi connectivity index (χ2v) is 13.2. The highest BCUT2D eigenvalue weighted by atomic mass is 28.4. The van der Waals surface area contributed by atoms with Crippen molar-refractivity contribution in [3.05, 3.63) is 0 Å². The fourth-order valence-corrected chi connectivity index (χ4v) is 12.1. The summed E-state index contributed by atoms with van der Waals surface area (Å²) in [6.45, 7) is 28.9. The standard InChI is InChI=1S/C18H42N2Si/c1-13(2)19(14(3)4)21(17(9)10,18(11)12)20(15(5)6)16(7)8/h13-18H,1-12H3. The van der Waals surface area contributed by atoms with E-state index in [2.05, 4.69) is 92.2 Å². The minimum atomic E-state index is -1.79. The van der Waals surface area contributed by atoms with Gasteiger partial charge in [0.2, 0.25) is 8.40 Å². The van der Waals surface area contributed by atoms with Crippen LogP contribution in [0.5, 0.6) is 0 Å². The van der Waals surface area contributed by atoms with Crippen molar-refractivity contribution in [3.63, 3.8) is 0 Å². The Balaban J connectivity index is 6.32. The van der Waals surface area contributed by atoms with Crippen LogP contribution in [0.1, 0.15) is 83.1 Å². The van der Waals surface area contributed by atoms with Gasteiger partial charge in [-0.3, -0.25) is 0 Å². The predicted molar refractivity (Wildman–Crippen MR) is 100 cm³/mol. The Morgan fingerprint density at radius 1 is 0.429 bits per heavy atom. The highest BCUT2D eigenvalue weighted by Gasteiger charge is 2.53. The zero-order valence-corrected chi connectivity index (χ0v) is 17.9.